The minimum atomic E-state index is -4.52. The lowest BCUT2D eigenvalue weighted by molar-refractivity contribution is -0.141. The minimum Gasteiger partial charge on any atom is -0.485 e. The fourth-order valence-corrected chi connectivity index (χ4v) is 7.22. The molecular formula is C28H30F3N5O4S. The Hall–Kier alpha value is -3.48. The Morgan fingerprint density at radius 2 is 1.78 bits per heavy atom. The lowest BCUT2D eigenvalue weighted by Gasteiger charge is -2.39. The normalized spacial score (nSPS) is 25.0. The molecule has 3 aliphatic heterocycles. The van der Waals surface area contributed by atoms with E-state index in [-0.39, 0.29) is 42.3 Å². The van der Waals surface area contributed by atoms with E-state index in [1.54, 1.807) is 11.1 Å². The predicted molar refractivity (Wildman–Crippen MR) is 144 cm³/mol. The molecule has 2 aromatic rings. The van der Waals surface area contributed by atoms with Gasteiger partial charge in [-0.2, -0.15) is 13.2 Å². The molecule has 1 amide bonds. The van der Waals surface area contributed by atoms with Crippen LogP contribution in [-0.4, -0.2) is 77.5 Å². The number of ether oxygens (including phenoxy) is 1. The van der Waals surface area contributed by atoms with Gasteiger partial charge in [-0.05, 0) is 12.0 Å². The van der Waals surface area contributed by atoms with Crippen LogP contribution in [0.5, 0.6) is 5.75 Å². The van der Waals surface area contributed by atoms with E-state index in [9.17, 15) is 26.4 Å². The number of rotatable bonds is 3. The number of carbonyl (C=O) groups is 1. The molecule has 2 aromatic heterocycles. The van der Waals surface area contributed by atoms with Gasteiger partial charge >= 0.3 is 6.18 Å². The average molecular weight is 590 g/mol. The number of sulfone groups is 1. The van der Waals surface area contributed by atoms with Gasteiger partial charge in [0, 0.05) is 68.2 Å². The third kappa shape index (κ3) is 5.55. The smallest absolute Gasteiger partial charge is 0.434 e. The average Bonchev–Trinajstić information content (AvgIpc) is 3.29. The van der Waals surface area contributed by atoms with Crippen molar-refractivity contribution in [1.82, 2.24) is 19.9 Å². The first kappa shape index (κ1) is 27.7. The van der Waals surface area contributed by atoms with Crippen LogP contribution in [0.3, 0.4) is 0 Å². The molecule has 6 rings (SSSR count). The van der Waals surface area contributed by atoms with Crippen molar-refractivity contribution in [2.75, 3.05) is 42.6 Å². The molecule has 0 aromatic carbocycles. The number of hydrogen-bond donors (Lipinski definition) is 0. The molecule has 0 N–H and O–H groups in total. The molecule has 2 atom stereocenters. The van der Waals surface area contributed by atoms with E-state index in [1.807, 2.05) is 30.1 Å². The van der Waals surface area contributed by atoms with Crippen molar-refractivity contribution in [3.8, 4) is 5.75 Å². The highest BCUT2D eigenvalue weighted by Gasteiger charge is 2.43. The number of pyridine rings is 1. The van der Waals surface area contributed by atoms with Crippen LogP contribution in [0, 0.1) is 5.92 Å². The number of anilines is 1. The molecule has 1 spiro atoms. The third-order valence-corrected chi connectivity index (χ3v) is 10.1. The van der Waals surface area contributed by atoms with E-state index in [0.717, 1.165) is 23.2 Å². The molecule has 9 nitrogen and oxygen atoms in total. The summed E-state index contributed by atoms with van der Waals surface area (Å²) >= 11 is 0. The van der Waals surface area contributed by atoms with E-state index in [2.05, 4.69) is 21.0 Å². The van der Waals surface area contributed by atoms with Gasteiger partial charge in [-0.3, -0.25) is 9.78 Å². The fourth-order valence-electron chi connectivity index (χ4n) is 6.02. The van der Waals surface area contributed by atoms with Crippen LogP contribution in [0.25, 0.3) is 0 Å². The second kappa shape index (κ2) is 10.1. The van der Waals surface area contributed by atoms with Crippen molar-refractivity contribution >= 4 is 21.6 Å². The van der Waals surface area contributed by atoms with E-state index in [0.29, 0.717) is 43.7 Å². The fraction of sp³-hybridized carbons (Fsp3) is 0.500. The molecule has 1 unspecified atom stereocenters. The summed E-state index contributed by atoms with van der Waals surface area (Å²) in [7, 11) is -3.06. The summed E-state index contributed by atoms with van der Waals surface area (Å²) in [4.78, 5) is 28.7. The van der Waals surface area contributed by atoms with Crippen LogP contribution in [0.2, 0.25) is 0 Å². The number of allylic oxidation sites excluding steroid dienone is 2. The summed E-state index contributed by atoms with van der Waals surface area (Å²) in [6.07, 6.45) is 6.99. The zero-order chi connectivity index (χ0) is 29.0. The number of nitrogens with zero attached hydrogens (tertiary/aromatic N) is 5. The lowest BCUT2D eigenvalue weighted by Crippen LogP contribution is -2.47. The largest absolute Gasteiger partial charge is 0.485 e. The summed E-state index contributed by atoms with van der Waals surface area (Å²) in [6.45, 7) is 3.64. The first-order valence-electron chi connectivity index (χ1n) is 13.6. The van der Waals surface area contributed by atoms with Gasteiger partial charge in [0.2, 0.25) is 0 Å². The van der Waals surface area contributed by atoms with E-state index in [4.69, 9.17) is 4.74 Å². The van der Waals surface area contributed by atoms with E-state index < -0.39 is 27.3 Å². The summed E-state index contributed by atoms with van der Waals surface area (Å²) in [6, 6.07) is 2.07. The van der Waals surface area contributed by atoms with Crippen LogP contribution in [0.15, 0.2) is 48.5 Å². The monoisotopic (exact) mass is 589 g/mol. The second-order valence-corrected chi connectivity index (χ2v) is 13.5. The highest BCUT2D eigenvalue weighted by Crippen LogP contribution is 2.43. The number of piperidine rings is 1. The van der Waals surface area contributed by atoms with Gasteiger partial charge < -0.3 is 14.5 Å². The summed E-state index contributed by atoms with van der Waals surface area (Å²) in [5, 5.41) is 0. The molecule has 13 heteroatoms. The second-order valence-electron chi connectivity index (χ2n) is 11.2. The number of amides is 1. The van der Waals surface area contributed by atoms with Crippen LogP contribution < -0.4 is 9.64 Å². The van der Waals surface area contributed by atoms with Crippen molar-refractivity contribution < 1.29 is 31.1 Å². The number of hydrogen-bond acceptors (Lipinski definition) is 8. The lowest BCUT2D eigenvalue weighted by atomic mass is 9.83. The summed E-state index contributed by atoms with van der Waals surface area (Å²) in [5.74, 6) is 1.01. The predicted octanol–water partition coefficient (Wildman–Crippen LogP) is 3.34. The Balaban J connectivity index is 1.08. The minimum absolute atomic E-state index is 0.00228. The molecule has 0 saturated carbocycles. The Morgan fingerprint density at radius 3 is 2.41 bits per heavy atom. The van der Waals surface area contributed by atoms with Crippen LogP contribution in [0.4, 0.5) is 19.0 Å². The zero-order valence-corrected chi connectivity index (χ0v) is 23.3. The van der Waals surface area contributed by atoms with Gasteiger partial charge in [-0.1, -0.05) is 25.2 Å². The Labute approximate surface area is 236 Å². The molecule has 5 heterocycles. The third-order valence-electron chi connectivity index (χ3n) is 8.45. The number of alkyl halides is 3. The Bertz CT molecular complexity index is 1500. The highest BCUT2D eigenvalue weighted by atomic mass is 32.2. The van der Waals surface area contributed by atoms with Gasteiger partial charge in [-0.15, -0.1) is 0 Å². The van der Waals surface area contributed by atoms with Gasteiger partial charge in [0.1, 0.15) is 17.2 Å². The number of fused-ring (bicyclic) bond motifs is 1. The van der Waals surface area contributed by atoms with Crippen LogP contribution in [0.1, 0.15) is 42.6 Å². The van der Waals surface area contributed by atoms with Crippen molar-refractivity contribution in [3.05, 3.63) is 65.4 Å². The van der Waals surface area contributed by atoms with E-state index >= 15 is 0 Å². The molecule has 1 aliphatic carbocycles. The SMILES string of the molecule is CC1C=C(C(=O)N2CCS(=O)(=O)CC2)C=C[C@@H]1c1cc2c(cn1)OC1(CCN(c3cnc(C(F)(F)F)cn3)CC1)C2. The van der Waals surface area contributed by atoms with Gasteiger partial charge in [-0.25, -0.2) is 18.4 Å². The van der Waals surface area contributed by atoms with Gasteiger partial charge in [0.15, 0.2) is 15.5 Å². The number of carbonyl (C=O) groups excluding carboxylic acids is 1. The van der Waals surface area contributed by atoms with Crippen LogP contribution >= 0.6 is 0 Å². The van der Waals surface area contributed by atoms with Gasteiger partial charge in [0.25, 0.3) is 5.91 Å². The van der Waals surface area contributed by atoms with Crippen LogP contribution in [-0.2, 0) is 27.2 Å². The summed E-state index contributed by atoms with van der Waals surface area (Å²) in [5.41, 5.74) is 1.12. The highest BCUT2D eigenvalue weighted by molar-refractivity contribution is 7.91. The molecule has 41 heavy (non-hydrogen) atoms. The molecular weight excluding hydrogens is 559 g/mol. The standard InChI is InChI=1S/C28H30F3N5O4S/c1-18-12-19(26(37)36-8-10-41(38,39)11-9-36)2-3-21(18)22-13-20-14-27(40-23(20)15-32-22)4-6-35(7-5-27)25-17-33-24(16-34-25)28(29,30)31/h2-3,12-13,15-18,21H,4-11,14H2,1H3/t18?,21-/m0/s1. The maximum Gasteiger partial charge on any atom is 0.434 e. The maximum atomic E-state index is 13.0. The topological polar surface area (TPSA) is 106 Å². The van der Waals surface area contributed by atoms with Gasteiger partial charge in [0.05, 0.1) is 30.1 Å². The molecule has 2 saturated heterocycles. The molecule has 4 aliphatic rings. The van der Waals surface area contributed by atoms with Crippen molar-refractivity contribution in [1.29, 1.82) is 0 Å². The van der Waals surface area contributed by atoms with E-state index in [1.165, 1.54) is 6.20 Å². The maximum absolute atomic E-state index is 13.0. The van der Waals surface area contributed by atoms with Crippen molar-refractivity contribution in [2.24, 2.45) is 5.92 Å². The Morgan fingerprint density at radius 1 is 1.05 bits per heavy atom. The first-order valence-corrected chi connectivity index (χ1v) is 15.5. The first-order chi connectivity index (χ1) is 19.4. The quantitative estimate of drug-likeness (QED) is 0.537. The van der Waals surface area contributed by atoms with Crippen molar-refractivity contribution in [3.63, 3.8) is 0 Å². The Kier molecular flexibility index (Phi) is 6.82. The van der Waals surface area contributed by atoms with Crippen molar-refractivity contribution in [2.45, 2.75) is 43.9 Å². The molecule has 218 valence electrons. The molecule has 0 radical (unpaired) electrons. The number of halogens is 3. The molecule has 2 fully saturated rings. The summed E-state index contributed by atoms with van der Waals surface area (Å²) < 4.78 is 68.3. The number of aromatic nitrogens is 3. The zero-order valence-electron chi connectivity index (χ0n) is 22.5. The molecule has 0 bridgehead atoms.